The molecule has 0 radical (unpaired) electrons. The van der Waals surface area contributed by atoms with Crippen LogP contribution in [-0.2, 0) is 9.53 Å². The third-order valence-corrected chi connectivity index (χ3v) is 3.29. The van der Waals surface area contributed by atoms with E-state index >= 15 is 0 Å². The Balaban J connectivity index is 1.84. The van der Waals surface area contributed by atoms with E-state index in [2.05, 4.69) is 17.2 Å². The first-order valence-electron chi connectivity index (χ1n) is 8.59. The molecule has 0 saturated carbocycles. The van der Waals surface area contributed by atoms with Gasteiger partial charge < -0.3 is 24.8 Å². The van der Waals surface area contributed by atoms with E-state index in [-0.39, 0.29) is 18.1 Å². The van der Waals surface area contributed by atoms with Crippen LogP contribution in [0.4, 0.5) is 5.69 Å². The number of ether oxygens (including phenoxy) is 3. The van der Waals surface area contributed by atoms with Crippen molar-refractivity contribution in [2.24, 2.45) is 0 Å². The zero-order valence-electron chi connectivity index (χ0n) is 16.2. The maximum atomic E-state index is 12.0. The maximum Gasteiger partial charge on any atom is 0.243 e. The molecule has 2 aromatic rings. The highest BCUT2D eigenvalue weighted by Crippen LogP contribution is 2.26. The maximum absolute atomic E-state index is 12.0. The summed E-state index contributed by atoms with van der Waals surface area (Å²) in [6.07, 6.45) is 0. The summed E-state index contributed by atoms with van der Waals surface area (Å²) in [6.45, 7) is 9.55. The molecular weight excluding hydrogens is 344 g/mol. The van der Waals surface area contributed by atoms with Crippen molar-refractivity contribution in [2.45, 2.75) is 26.4 Å². The molecule has 0 heterocycles. The van der Waals surface area contributed by atoms with Crippen LogP contribution in [0.3, 0.4) is 0 Å². The Hall–Kier alpha value is -3.15. The first-order chi connectivity index (χ1) is 12.7. The van der Waals surface area contributed by atoms with E-state index in [1.807, 2.05) is 39.0 Å². The summed E-state index contributed by atoms with van der Waals surface area (Å²) in [5, 5.41) is 5.64. The quantitative estimate of drug-likeness (QED) is 0.678. The standard InChI is InChI=1S/C21H26N2O4/c1-15(27-21(2,3)4)22-14-20(24)23-16-9-11-17(12-10-16)26-19-8-6-7-18(13-19)25-5/h6-13,22H,1,14H2,2-5H3,(H,23,24). The summed E-state index contributed by atoms with van der Waals surface area (Å²) in [5.74, 6) is 2.22. The lowest BCUT2D eigenvalue weighted by molar-refractivity contribution is -0.115. The van der Waals surface area contributed by atoms with Crippen LogP contribution in [-0.4, -0.2) is 25.2 Å². The molecule has 0 saturated heterocycles. The van der Waals surface area contributed by atoms with Crippen LogP contribution in [0.1, 0.15) is 20.8 Å². The number of carbonyl (C=O) groups is 1. The van der Waals surface area contributed by atoms with Gasteiger partial charge in [0.05, 0.1) is 13.7 Å². The molecule has 2 rings (SSSR count). The van der Waals surface area contributed by atoms with Crippen LogP contribution in [0.25, 0.3) is 0 Å². The average Bonchev–Trinajstić information content (AvgIpc) is 2.60. The van der Waals surface area contributed by atoms with Gasteiger partial charge in [-0.3, -0.25) is 4.79 Å². The van der Waals surface area contributed by atoms with Gasteiger partial charge in [-0.05, 0) is 63.7 Å². The molecule has 6 heteroatoms. The predicted molar refractivity (Wildman–Crippen MR) is 106 cm³/mol. The third kappa shape index (κ3) is 7.32. The Morgan fingerprint density at radius 1 is 1.04 bits per heavy atom. The molecule has 0 fully saturated rings. The second-order valence-electron chi connectivity index (χ2n) is 6.84. The van der Waals surface area contributed by atoms with Crippen LogP contribution in [0, 0.1) is 0 Å². The zero-order valence-corrected chi connectivity index (χ0v) is 16.2. The molecule has 27 heavy (non-hydrogen) atoms. The number of hydrogen-bond donors (Lipinski definition) is 2. The predicted octanol–water partition coefficient (Wildman–Crippen LogP) is 4.30. The first kappa shape index (κ1) is 20.2. The van der Waals surface area contributed by atoms with Gasteiger partial charge in [0.1, 0.15) is 22.8 Å². The summed E-state index contributed by atoms with van der Waals surface area (Å²) < 4.78 is 16.5. The Morgan fingerprint density at radius 2 is 1.70 bits per heavy atom. The fourth-order valence-electron chi connectivity index (χ4n) is 2.20. The Morgan fingerprint density at radius 3 is 2.33 bits per heavy atom. The highest BCUT2D eigenvalue weighted by atomic mass is 16.5. The van der Waals surface area contributed by atoms with E-state index in [0.29, 0.717) is 23.1 Å². The number of rotatable bonds is 8. The second kappa shape index (κ2) is 8.98. The molecule has 0 bridgehead atoms. The van der Waals surface area contributed by atoms with Crippen molar-refractivity contribution in [1.82, 2.24) is 5.32 Å². The lowest BCUT2D eigenvalue weighted by Gasteiger charge is -2.23. The third-order valence-electron chi connectivity index (χ3n) is 3.29. The topological polar surface area (TPSA) is 68.8 Å². The van der Waals surface area contributed by atoms with Crippen molar-refractivity contribution in [2.75, 3.05) is 19.0 Å². The van der Waals surface area contributed by atoms with Gasteiger partial charge in [0.15, 0.2) is 5.88 Å². The minimum atomic E-state index is -0.362. The number of benzene rings is 2. The minimum absolute atomic E-state index is 0.0664. The number of hydrogen-bond acceptors (Lipinski definition) is 5. The molecule has 0 unspecified atom stereocenters. The van der Waals surface area contributed by atoms with Crippen molar-refractivity contribution in [1.29, 1.82) is 0 Å². The molecule has 1 amide bonds. The summed E-state index contributed by atoms with van der Waals surface area (Å²) in [4.78, 5) is 12.0. The summed E-state index contributed by atoms with van der Waals surface area (Å²) >= 11 is 0. The van der Waals surface area contributed by atoms with Crippen molar-refractivity contribution >= 4 is 11.6 Å². The van der Waals surface area contributed by atoms with E-state index in [9.17, 15) is 4.79 Å². The summed E-state index contributed by atoms with van der Waals surface area (Å²) in [7, 11) is 1.61. The van der Waals surface area contributed by atoms with Crippen LogP contribution < -0.4 is 20.1 Å². The van der Waals surface area contributed by atoms with Gasteiger partial charge in [-0.2, -0.15) is 0 Å². The molecule has 0 aromatic heterocycles. The number of amides is 1. The van der Waals surface area contributed by atoms with Crippen LogP contribution >= 0.6 is 0 Å². The Bertz CT molecular complexity index is 780. The molecule has 0 aliphatic heterocycles. The molecule has 0 aliphatic carbocycles. The van der Waals surface area contributed by atoms with Gasteiger partial charge in [0.2, 0.25) is 5.91 Å². The fourth-order valence-corrected chi connectivity index (χ4v) is 2.20. The van der Waals surface area contributed by atoms with E-state index in [1.54, 1.807) is 37.4 Å². The lowest BCUT2D eigenvalue weighted by Crippen LogP contribution is -2.31. The molecular formula is C21H26N2O4. The van der Waals surface area contributed by atoms with Crippen molar-refractivity contribution in [3.8, 4) is 17.2 Å². The Labute approximate surface area is 160 Å². The van der Waals surface area contributed by atoms with E-state index in [0.717, 1.165) is 5.75 Å². The van der Waals surface area contributed by atoms with Gasteiger partial charge >= 0.3 is 0 Å². The van der Waals surface area contributed by atoms with Crippen LogP contribution in [0.2, 0.25) is 0 Å². The van der Waals surface area contributed by atoms with Gasteiger partial charge in [0, 0.05) is 11.8 Å². The smallest absolute Gasteiger partial charge is 0.243 e. The molecule has 144 valence electrons. The van der Waals surface area contributed by atoms with E-state index in [4.69, 9.17) is 14.2 Å². The normalized spacial score (nSPS) is 10.7. The summed E-state index contributed by atoms with van der Waals surface area (Å²) in [6, 6.07) is 14.5. The molecule has 2 N–H and O–H groups in total. The van der Waals surface area contributed by atoms with Crippen molar-refractivity contribution in [3.63, 3.8) is 0 Å². The Kier molecular flexibility index (Phi) is 6.71. The van der Waals surface area contributed by atoms with Gasteiger partial charge in [-0.15, -0.1) is 0 Å². The highest BCUT2D eigenvalue weighted by molar-refractivity contribution is 5.92. The monoisotopic (exact) mass is 370 g/mol. The number of methoxy groups -OCH3 is 1. The fraction of sp³-hybridized carbons (Fsp3) is 0.286. The van der Waals surface area contributed by atoms with Crippen LogP contribution in [0.5, 0.6) is 17.2 Å². The van der Waals surface area contributed by atoms with Crippen molar-refractivity contribution in [3.05, 3.63) is 61.0 Å². The SMILES string of the molecule is C=C(NCC(=O)Nc1ccc(Oc2cccc(OC)c2)cc1)OC(C)(C)C. The van der Waals surface area contributed by atoms with Gasteiger partial charge in [-0.25, -0.2) is 0 Å². The lowest BCUT2D eigenvalue weighted by atomic mass is 10.2. The molecule has 6 nitrogen and oxygen atoms in total. The van der Waals surface area contributed by atoms with E-state index < -0.39 is 0 Å². The highest BCUT2D eigenvalue weighted by Gasteiger charge is 2.13. The first-order valence-corrected chi connectivity index (χ1v) is 8.59. The van der Waals surface area contributed by atoms with Crippen molar-refractivity contribution < 1.29 is 19.0 Å². The van der Waals surface area contributed by atoms with Crippen LogP contribution in [0.15, 0.2) is 61.0 Å². The average molecular weight is 370 g/mol. The van der Waals surface area contributed by atoms with E-state index in [1.165, 1.54) is 0 Å². The molecule has 0 spiro atoms. The largest absolute Gasteiger partial charge is 0.497 e. The molecule has 2 aromatic carbocycles. The number of carbonyl (C=O) groups excluding carboxylic acids is 1. The second-order valence-corrected chi connectivity index (χ2v) is 6.84. The zero-order chi connectivity index (χ0) is 19.9. The van der Waals surface area contributed by atoms with Gasteiger partial charge in [-0.1, -0.05) is 6.07 Å². The molecule has 0 atom stereocenters. The number of nitrogens with one attached hydrogen (secondary N) is 2. The molecule has 0 aliphatic rings. The minimum Gasteiger partial charge on any atom is -0.497 e. The van der Waals surface area contributed by atoms with Gasteiger partial charge in [0.25, 0.3) is 0 Å². The summed E-state index contributed by atoms with van der Waals surface area (Å²) in [5.41, 5.74) is 0.307. The number of anilines is 1.